The second-order valence-corrected chi connectivity index (χ2v) is 8.45. The van der Waals surface area contributed by atoms with E-state index in [0.29, 0.717) is 11.3 Å². The highest BCUT2D eigenvalue weighted by Gasteiger charge is 2.47. The summed E-state index contributed by atoms with van der Waals surface area (Å²) in [5, 5.41) is 13.3. The van der Waals surface area contributed by atoms with E-state index in [9.17, 15) is 14.7 Å². The molecule has 162 valence electrons. The zero-order valence-electron chi connectivity index (χ0n) is 18.4. The highest BCUT2D eigenvalue weighted by Crippen LogP contribution is 2.43. The molecule has 4 heteroatoms. The molecule has 4 nitrogen and oxygen atoms in total. The molecule has 33 heavy (non-hydrogen) atoms. The molecule has 1 aliphatic heterocycles. The number of hydrogen-bond acceptors (Lipinski definition) is 3. The third-order valence-corrected chi connectivity index (χ3v) is 6.13. The van der Waals surface area contributed by atoms with Gasteiger partial charge in [-0.2, -0.15) is 0 Å². The Kier molecular flexibility index (Phi) is 5.06. The van der Waals surface area contributed by atoms with Crippen LogP contribution < -0.4 is 4.90 Å². The molecule has 5 rings (SSSR count). The molecule has 1 unspecified atom stereocenters. The number of amides is 1. The second-order valence-electron chi connectivity index (χ2n) is 8.45. The van der Waals surface area contributed by atoms with Crippen molar-refractivity contribution in [2.24, 2.45) is 0 Å². The van der Waals surface area contributed by atoms with Gasteiger partial charge >= 0.3 is 0 Å². The van der Waals surface area contributed by atoms with Crippen LogP contribution in [-0.2, 0) is 9.59 Å². The van der Waals surface area contributed by atoms with Crippen LogP contribution in [0.3, 0.4) is 0 Å². The molecule has 1 fully saturated rings. The predicted molar refractivity (Wildman–Crippen MR) is 131 cm³/mol. The first-order chi connectivity index (χ1) is 16.0. The molecule has 4 aromatic rings. The summed E-state index contributed by atoms with van der Waals surface area (Å²) in [5.74, 6) is -1.49. The van der Waals surface area contributed by atoms with Crippen molar-refractivity contribution in [1.82, 2.24) is 0 Å². The van der Waals surface area contributed by atoms with Gasteiger partial charge in [-0.1, -0.05) is 84.4 Å². The van der Waals surface area contributed by atoms with Crippen LogP contribution in [0, 0.1) is 13.8 Å². The lowest BCUT2D eigenvalue weighted by Crippen LogP contribution is -2.29. The van der Waals surface area contributed by atoms with E-state index in [1.165, 1.54) is 4.90 Å². The van der Waals surface area contributed by atoms with Crippen LogP contribution >= 0.6 is 0 Å². The first-order valence-electron chi connectivity index (χ1n) is 10.9. The monoisotopic (exact) mass is 433 g/mol. The van der Waals surface area contributed by atoms with Gasteiger partial charge in [-0.15, -0.1) is 0 Å². The van der Waals surface area contributed by atoms with Gasteiger partial charge in [0.25, 0.3) is 11.7 Å². The SMILES string of the molecule is Cc1cccc(C2/C(=C(/O)c3cccc4ccccc34)C(=O)C(=O)N2c2cccc(C)c2)c1. The van der Waals surface area contributed by atoms with Crippen LogP contribution in [0.15, 0.2) is 96.6 Å². The summed E-state index contributed by atoms with van der Waals surface area (Å²) in [6, 6.07) is 27.7. The molecular formula is C29H23NO3. The molecule has 1 amide bonds. The van der Waals surface area contributed by atoms with Gasteiger partial charge in [0.05, 0.1) is 11.6 Å². The highest BCUT2D eigenvalue weighted by atomic mass is 16.3. The van der Waals surface area contributed by atoms with Crippen LogP contribution in [-0.4, -0.2) is 16.8 Å². The van der Waals surface area contributed by atoms with Gasteiger partial charge in [0, 0.05) is 11.3 Å². The molecule has 0 radical (unpaired) electrons. The number of aryl methyl sites for hydroxylation is 2. The third kappa shape index (κ3) is 3.50. The fourth-order valence-electron chi connectivity index (χ4n) is 4.61. The molecule has 0 bridgehead atoms. The lowest BCUT2D eigenvalue weighted by atomic mass is 9.92. The number of ketones is 1. The minimum absolute atomic E-state index is 0.100. The van der Waals surface area contributed by atoms with E-state index in [-0.39, 0.29) is 11.3 Å². The number of nitrogens with zero attached hydrogens (tertiary/aromatic N) is 1. The van der Waals surface area contributed by atoms with Crippen molar-refractivity contribution in [1.29, 1.82) is 0 Å². The van der Waals surface area contributed by atoms with Crippen molar-refractivity contribution >= 4 is 33.9 Å². The average molecular weight is 434 g/mol. The lowest BCUT2D eigenvalue weighted by molar-refractivity contribution is -0.132. The Morgan fingerprint density at radius 2 is 1.45 bits per heavy atom. The summed E-state index contributed by atoms with van der Waals surface area (Å²) in [7, 11) is 0. The number of hydrogen-bond donors (Lipinski definition) is 1. The smallest absolute Gasteiger partial charge is 0.300 e. The number of carbonyl (C=O) groups is 2. The van der Waals surface area contributed by atoms with Crippen molar-refractivity contribution in [2.75, 3.05) is 4.90 Å². The summed E-state index contributed by atoms with van der Waals surface area (Å²) < 4.78 is 0. The van der Waals surface area contributed by atoms with Gasteiger partial charge in [-0.05, 0) is 47.9 Å². The Balaban J connectivity index is 1.79. The first-order valence-corrected chi connectivity index (χ1v) is 10.9. The number of rotatable bonds is 3. The van der Waals surface area contributed by atoms with Gasteiger partial charge in [0.2, 0.25) is 0 Å². The Morgan fingerprint density at radius 1 is 0.788 bits per heavy atom. The highest BCUT2D eigenvalue weighted by molar-refractivity contribution is 6.51. The topological polar surface area (TPSA) is 57.6 Å². The van der Waals surface area contributed by atoms with Gasteiger partial charge in [-0.25, -0.2) is 0 Å². The Labute approximate surface area is 192 Å². The number of fused-ring (bicyclic) bond motifs is 1. The average Bonchev–Trinajstić information content (AvgIpc) is 3.09. The number of Topliss-reactive ketones (excluding diaryl/α,β-unsaturated/α-hetero) is 1. The normalized spacial score (nSPS) is 17.6. The van der Waals surface area contributed by atoms with Crippen LogP contribution in [0.4, 0.5) is 5.69 Å². The lowest BCUT2D eigenvalue weighted by Gasteiger charge is -2.26. The summed E-state index contributed by atoms with van der Waals surface area (Å²) in [6.45, 7) is 3.91. The predicted octanol–water partition coefficient (Wildman–Crippen LogP) is 6.08. The van der Waals surface area contributed by atoms with Crippen molar-refractivity contribution in [3.8, 4) is 0 Å². The van der Waals surface area contributed by atoms with E-state index in [2.05, 4.69) is 0 Å². The fourth-order valence-corrected chi connectivity index (χ4v) is 4.61. The van der Waals surface area contributed by atoms with Crippen LogP contribution in [0.2, 0.25) is 0 Å². The zero-order chi connectivity index (χ0) is 23.1. The van der Waals surface area contributed by atoms with Gasteiger partial charge in [0.15, 0.2) is 0 Å². The minimum Gasteiger partial charge on any atom is -0.507 e. The largest absolute Gasteiger partial charge is 0.507 e. The first kappa shape index (κ1) is 20.7. The molecule has 1 aliphatic rings. The number of benzene rings is 4. The third-order valence-electron chi connectivity index (χ3n) is 6.13. The fraction of sp³-hybridized carbons (Fsp3) is 0.103. The number of aliphatic hydroxyl groups is 1. The van der Waals surface area contributed by atoms with Gasteiger partial charge in [-0.3, -0.25) is 14.5 Å². The molecule has 0 spiro atoms. The molecule has 1 saturated heterocycles. The molecule has 0 aliphatic carbocycles. The van der Waals surface area contributed by atoms with Crippen LogP contribution in [0.5, 0.6) is 0 Å². The Morgan fingerprint density at radius 3 is 2.21 bits per heavy atom. The van der Waals surface area contributed by atoms with Crippen LogP contribution in [0.1, 0.15) is 28.3 Å². The van der Waals surface area contributed by atoms with Crippen LogP contribution in [0.25, 0.3) is 16.5 Å². The Hall–Kier alpha value is -4.18. The maximum absolute atomic E-state index is 13.4. The van der Waals surface area contributed by atoms with Crippen molar-refractivity contribution in [2.45, 2.75) is 19.9 Å². The van der Waals surface area contributed by atoms with Crippen molar-refractivity contribution < 1.29 is 14.7 Å². The van der Waals surface area contributed by atoms with Gasteiger partial charge in [0.1, 0.15) is 5.76 Å². The molecular weight excluding hydrogens is 410 g/mol. The minimum atomic E-state index is -0.731. The number of carbonyl (C=O) groups excluding carboxylic acids is 2. The standard InChI is InChI=1S/C29H23NO3/c1-18-8-5-12-21(16-18)26-25(27(31)24-15-7-11-20-10-3-4-14-23(20)24)28(32)29(33)30(26)22-13-6-9-19(2)17-22/h3-17,26,31H,1-2H3/b27-25-. The number of aliphatic hydroxyl groups excluding tert-OH is 1. The van der Waals surface area contributed by atoms with E-state index in [1.807, 2.05) is 98.8 Å². The van der Waals surface area contributed by atoms with E-state index in [1.54, 1.807) is 6.07 Å². The molecule has 4 aromatic carbocycles. The van der Waals surface area contributed by atoms with Gasteiger partial charge < -0.3 is 5.11 Å². The van der Waals surface area contributed by atoms with E-state index < -0.39 is 17.7 Å². The Bertz CT molecular complexity index is 1440. The van der Waals surface area contributed by atoms with E-state index in [0.717, 1.165) is 27.5 Å². The molecule has 0 aromatic heterocycles. The maximum Gasteiger partial charge on any atom is 0.300 e. The summed E-state index contributed by atoms with van der Waals surface area (Å²) >= 11 is 0. The quantitative estimate of drug-likeness (QED) is 0.242. The summed E-state index contributed by atoms with van der Waals surface area (Å²) in [4.78, 5) is 28.2. The molecule has 1 atom stereocenters. The van der Waals surface area contributed by atoms with Crippen molar-refractivity contribution in [3.63, 3.8) is 0 Å². The molecule has 1 N–H and O–H groups in total. The molecule has 0 saturated carbocycles. The summed E-state index contributed by atoms with van der Waals surface area (Å²) in [5.41, 5.74) is 4.02. The van der Waals surface area contributed by atoms with E-state index in [4.69, 9.17) is 0 Å². The number of anilines is 1. The zero-order valence-corrected chi connectivity index (χ0v) is 18.4. The van der Waals surface area contributed by atoms with Crippen molar-refractivity contribution in [3.05, 3.63) is 119 Å². The van der Waals surface area contributed by atoms with E-state index >= 15 is 0 Å². The molecule has 1 heterocycles. The maximum atomic E-state index is 13.4. The summed E-state index contributed by atoms with van der Waals surface area (Å²) in [6.07, 6.45) is 0. The second kappa shape index (κ2) is 8.06.